The summed E-state index contributed by atoms with van der Waals surface area (Å²) in [6, 6.07) is 4.52. The van der Waals surface area contributed by atoms with E-state index in [2.05, 4.69) is 17.0 Å². The minimum absolute atomic E-state index is 0.0785. The van der Waals surface area contributed by atoms with E-state index in [0.717, 1.165) is 25.9 Å². The van der Waals surface area contributed by atoms with E-state index in [4.69, 9.17) is 0 Å². The summed E-state index contributed by atoms with van der Waals surface area (Å²) < 4.78 is 29.1. The molecule has 1 aromatic rings. The molecule has 1 fully saturated rings. The Hall–Kier alpha value is -1.85. The Morgan fingerprint density at radius 3 is 2.90 bits per heavy atom. The zero-order valence-electron chi connectivity index (χ0n) is 12.2. The second kappa shape index (κ2) is 6.74. The van der Waals surface area contributed by atoms with Crippen molar-refractivity contribution in [2.45, 2.75) is 33.3 Å². The van der Waals surface area contributed by atoms with Crippen molar-refractivity contribution in [3.8, 4) is 5.75 Å². The molecule has 21 heavy (non-hydrogen) atoms. The molecule has 6 heteroatoms. The molecule has 2 amide bonds. The maximum atomic E-state index is 12.3. The fourth-order valence-corrected chi connectivity index (χ4v) is 2.54. The second-order valence-electron chi connectivity index (χ2n) is 5.43. The largest absolute Gasteiger partial charge is 0.434 e. The Bertz CT molecular complexity index is 508. The minimum Gasteiger partial charge on any atom is -0.434 e. The summed E-state index contributed by atoms with van der Waals surface area (Å²) in [6.45, 7) is 2.33. The van der Waals surface area contributed by atoms with Crippen LogP contribution in [0.25, 0.3) is 0 Å². The highest BCUT2D eigenvalue weighted by Gasteiger charge is 2.21. The summed E-state index contributed by atoms with van der Waals surface area (Å²) in [5, 5.41) is 2.78. The first-order chi connectivity index (χ1) is 9.97. The fourth-order valence-electron chi connectivity index (χ4n) is 2.54. The average molecular weight is 298 g/mol. The highest BCUT2D eigenvalue weighted by atomic mass is 19.3. The van der Waals surface area contributed by atoms with Gasteiger partial charge >= 0.3 is 12.6 Å². The number of urea groups is 1. The molecular weight excluding hydrogens is 278 g/mol. The van der Waals surface area contributed by atoms with Crippen LogP contribution in [0.1, 0.15) is 25.3 Å². The molecule has 1 N–H and O–H groups in total. The van der Waals surface area contributed by atoms with Crippen LogP contribution in [0.15, 0.2) is 18.2 Å². The highest BCUT2D eigenvalue weighted by Crippen LogP contribution is 2.27. The van der Waals surface area contributed by atoms with Gasteiger partial charge in [0.1, 0.15) is 5.75 Å². The van der Waals surface area contributed by atoms with Gasteiger partial charge in [0.05, 0.1) is 0 Å². The Labute approximate surface area is 123 Å². The Morgan fingerprint density at radius 1 is 1.48 bits per heavy atom. The fraction of sp³-hybridized carbons (Fsp3) is 0.533. The first-order valence-corrected chi connectivity index (χ1v) is 7.07. The zero-order valence-corrected chi connectivity index (χ0v) is 12.2. The number of carbonyl (C=O) groups is 1. The maximum absolute atomic E-state index is 12.3. The summed E-state index contributed by atoms with van der Waals surface area (Å²) in [7, 11) is 0. The van der Waals surface area contributed by atoms with Crippen LogP contribution in [-0.2, 0) is 0 Å². The van der Waals surface area contributed by atoms with Crippen molar-refractivity contribution in [1.29, 1.82) is 0 Å². The van der Waals surface area contributed by atoms with Crippen LogP contribution in [-0.4, -0.2) is 30.6 Å². The summed E-state index contributed by atoms with van der Waals surface area (Å²) in [6.07, 6.45) is 2.11. The number of nitrogens with zero attached hydrogens (tertiary/aromatic N) is 1. The number of benzene rings is 1. The molecule has 1 aliphatic rings. The summed E-state index contributed by atoms with van der Waals surface area (Å²) >= 11 is 0. The van der Waals surface area contributed by atoms with E-state index in [-0.39, 0.29) is 11.8 Å². The summed E-state index contributed by atoms with van der Waals surface area (Å²) in [5.74, 6) is 0.564. The lowest BCUT2D eigenvalue weighted by Crippen LogP contribution is -2.41. The number of ether oxygens (including phenoxy) is 1. The van der Waals surface area contributed by atoms with E-state index in [1.165, 1.54) is 6.07 Å². The molecule has 1 saturated heterocycles. The molecule has 0 saturated carbocycles. The van der Waals surface area contributed by atoms with Crippen molar-refractivity contribution in [2.75, 3.05) is 18.4 Å². The van der Waals surface area contributed by atoms with Crippen molar-refractivity contribution in [3.63, 3.8) is 0 Å². The minimum atomic E-state index is -2.88. The standard InChI is InChI=1S/C15H20F2N2O2/c1-10-5-4-8-19(9-10)15(20)18-12-6-3-7-13(11(12)2)21-14(16)17/h3,6-7,10,14H,4-5,8-9H2,1-2H3,(H,18,20)/t10-/m0/s1. The van der Waals surface area contributed by atoms with Crippen LogP contribution in [0.4, 0.5) is 19.3 Å². The molecule has 0 unspecified atom stereocenters. The van der Waals surface area contributed by atoms with Crippen molar-refractivity contribution in [1.82, 2.24) is 4.90 Å². The number of amides is 2. The molecule has 0 bridgehead atoms. The molecule has 1 aromatic carbocycles. The molecule has 0 aliphatic carbocycles. The average Bonchev–Trinajstić information content (AvgIpc) is 2.42. The molecule has 0 radical (unpaired) electrons. The quantitative estimate of drug-likeness (QED) is 0.920. The number of hydrogen-bond acceptors (Lipinski definition) is 2. The first kappa shape index (κ1) is 15.5. The summed E-state index contributed by atoms with van der Waals surface area (Å²) in [5.41, 5.74) is 0.993. The van der Waals surface area contributed by atoms with Gasteiger partial charge in [-0.2, -0.15) is 8.78 Å². The van der Waals surface area contributed by atoms with Crippen molar-refractivity contribution < 1.29 is 18.3 Å². The van der Waals surface area contributed by atoms with E-state index in [0.29, 0.717) is 17.2 Å². The third-order valence-corrected chi connectivity index (χ3v) is 3.69. The van der Waals surface area contributed by atoms with Gasteiger partial charge in [-0.25, -0.2) is 4.79 Å². The van der Waals surface area contributed by atoms with Gasteiger partial charge in [-0.15, -0.1) is 0 Å². The number of anilines is 1. The number of carbonyl (C=O) groups excluding carboxylic acids is 1. The van der Waals surface area contributed by atoms with Crippen molar-refractivity contribution in [2.24, 2.45) is 5.92 Å². The van der Waals surface area contributed by atoms with Crippen molar-refractivity contribution >= 4 is 11.7 Å². The Balaban J connectivity index is 2.06. The number of nitrogens with one attached hydrogen (secondary N) is 1. The van der Waals surface area contributed by atoms with Crippen molar-refractivity contribution in [3.05, 3.63) is 23.8 Å². The number of likely N-dealkylation sites (tertiary alicyclic amines) is 1. The third-order valence-electron chi connectivity index (χ3n) is 3.69. The number of halogens is 2. The van der Waals surface area contributed by atoms with Gasteiger partial charge in [-0.3, -0.25) is 0 Å². The van der Waals surface area contributed by atoms with Crippen LogP contribution in [0.3, 0.4) is 0 Å². The third kappa shape index (κ3) is 4.06. The Kier molecular flexibility index (Phi) is 4.98. The lowest BCUT2D eigenvalue weighted by molar-refractivity contribution is -0.0502. The van der Waals surface area contributed by atoms with Crippen LogP contribution in [0, 0.1) is 12.8 Å². The van der Waals surface area contributed by atoms with E-state index >= 15 is 0 Å². The smallest absolute Gasteiger partial charge is 0.387 e. The molecule has 4 nitrogen and oxygen atoms in total. The number of piperidine rings is 1. The lowest BCUT2D eigenvalue weighted by atomic mass is 10.0. The van der Waals surface area contributed by atoms with Gasteiger partial charge in [0.2, 0.25) is 0 Å². The second-order valence-corrected chi connectivity index (χ2v) is 5.43. The topological polar surface area (TPSA) is 41.6 Å². The number of rotatable bonds is 3. The van der Waals surface area contributed by atoms with Crippen LogP contribution < -0.4 is 10.1 Å². The first-order valence-electron chi connectivity index (χ1n) is 7.07. The molecule has 1 heterocycles. The van der Waals surface area contributed by atoms with Gasteiger partial charge in [-0.1, -0.05) is 13.0 Å². The molecule has 116 valence electrons. The predicted molar refractivity (Wildman–Crippen MR) is 76.8 cm³/mol. The van der Waals surface area contributed by atoms with E-state index in [1.807, 2.05) is 0 Å². The van der Waals surface area contributed by atoms with E-state index in [9.17, 15) is 13.6 Å². The number of alkyl halides is 2. The zero-order chi connectivity index (χ0) is 15.4. The van der Waals surface area contributed by atoms with Gasteiger partial charge in [0, 0.05) is 24.3 Å². The molecule has 0 aromatic heterocycles. The molecule has 0 spiro atoms. The monoisotopic (exact) mass is 298 g/mol. The SMILES string of the molecule is Cc1c(NC(=O)N2CCC[C@H](C)C2)cccc1OC(F)F. The maximum Gasteiger partial charge on any atom is 0.387 e. The summed E-state index contributed by atoms with van der Waals surface area (Å²) in [4.78, 5) is 14.0. The lowest BCUT2D eigenvalue weighted by Gasteiger charge is -2.31. The molecule has 1 aliphatic heterocycles. The number of hydrogen-bond donors (Lipinski definition) is 1. The van der Waals surface area contributed by atoms with Gasteiger partial charge in [0.25, 0.3) is 0 Å². The van der Waals surface area contributed by atoms with E-state index in [1.54, 1.807) is 24.0 Å². The molecular formula is C15H20F2N2O2. The van der Waals surface area contributed by atoms with Gasteiger partial charge in [0.15, 0.2) is 0 Å². The van der Waals surface area contributed by atoms with Gasteiger partial charge < -0.3 is 15.0 Å². The molecule has 2 rings (SSSR count). The highest BCUT2D eigenvalue weighted by molar-refractivity contribution is 5.90. The van der Waals surface area contributed by atoms with E-state index < -0.39 is 6.61 Å². The molecule has 1 atom stereocenters. The van der Waals surface area contributed by atoms with Crippen LogP contribution in [0.5, 0.6) is 5.75 Å². The normalized spacial score (nSPS) is 18.7. The Morgan fingerprint density at radius 2 is 2.24 bits per heavy atom. The van der Waals surface area contributed by atoms with Crippen LogP contribution in [0.2, 0.25) is 0 Å². The predicted octanol–water partition coefficient (Wildman–Crippen LogP) is 3.86. The van der Waals surface area contributed by atoms with Gasteiger partial charge in [-0.05, 0) is 37.8 Å². The van der Waals surface area contributed by atoms with Crippen LogP contribution >= 0.6 is 0 Å².